The summed E-state index contributed by atoms with van der Waals surface area (Å²) in [5.41, 5.74) is 1.62. The number of esters is 1. The minimum atomic E-state index is -0.318. The van der Waals surface area contributed by atoms with E-state index in [1.54, 1.807) is 17.4 Å². The molecule has 0 aliphatic rings. The van der Waals surface area contributed by atoms with Crippen molar-refractivity contribution in [2.45, 2.75) is 0 Å². The number of fused-ring (bicyclic) bond motifs is 1. The van der Waals surface area contributed by atoms with E-state index < -0.39 is 0 Å². The zero-order chi connectivity index (χ0) is 14.1. The fourth-order valence-corrected chi connectivity index (χ4v) is 3.47. The largest absolute Gasteiger partial charge is 0.465 e. The normalized spacial score (nSPS) is 10.7. The summed E-state index contributed by atoms with van der Waals surface area (Å²) in [7, 11) is 1.39. The number of methoxy groups -OCH3 is 1. The van der Waals surface area contributed by atoms with Crippen LogP contribution in [-0.2, 0) is 4.74 Å². The van der Waals surface area contributed by atoms with Gasteiger partial charge in [0.2, 0.25) is 0 Å². The van der Waals surface area contributed by atoms with Gasteiger partial charge in [-0.25, -0.2) is 9.78 Å². The van der Waals surface area contributed by atoms with Crippen molar-refractivity contribution in [3.8, 4) is 10.6 Å². The molecule has 0 amide bonds. The van der Waals surface area contributed by atoms with Crippen LogP contribution in [0.25, 0.3) is 21.3 Å². The molecule has 3 aromatic rings. The molecule has 0 bridgehead atoms. The Morgan fingerprint density at radius 2 is 2.00 bits per heavy atom. The van der Waals surface area contributed by atoms with Crippen molar-refractivity contribution in [2.24, 2.45) is 0 Å². The number of carbonyl (C=O) groups is 1. The maximum atomic E-state index is 11.6. The molecule has 0 saturated carbocycles. The molecule has 1 heterocycles. The number of carbonyl (C=O) groups excluding carboxylic acids is 1. The second kappa shape index (κ2) is 5.49. The van der Waals surface area contributed by atoms with Gasteiger partial charge >= 0.3 is 5.97 Å². The van der Waals surface area contributed by atoms with E-state index in [-0.39, 0.29) is 5.97 Å². The van der Waals surface area contributed by atoms with E-state index in [2.05, 4.69) is 39.7 Å². The van der Waals surface area contributed by atoms with Crippen LogP contribution in [0.15, 0.2) is 41.8 Å². The molecule has 0 fully saturated rings. The van der Waals surface area contributed by atoms with E-state index in [1.807, 2.05) is 23.6 Å². The fourth-order valence-electron chi connectivity index (χ4n) is 2.01. The first-order valence-corrected chi connectivity index (χ1v) is 7.87. The van der Waals surface area contributed by atoms with Crippen molar-refractivity contribution in [2.75, 3.05) is 7.11 Å². The Kier molecular flexibility index (Phi) is 3.71. The number of ether oxygens (including phenoxy) is 1. The Labute approximate surface area is 133 Å². The van der Waals surface area contributed by atoms with Crippen molar-refractivity contribution < 1.29 is 9.53 Å². The second-order valence-electron chi connectivity index (χ2n) is 4.24. The summed E-state index contributed by atoms with van der Waals surface area (Å²) in [5, 5.41) is 5.10. The highest BCUT2D eigenvalue weighted by atomic mass is 127. The molecule has 0 spiro atoms. The number of thiazole rings is 1. The zero-order valence-electron chi connectivity index (χ0n) is 10.6. The number of halogens is 1. The molecule has 0 radical (unpaired) electrons. The molecule has 1 aromatic heterocycles. The van der Waals surface area contributed by atoms with E-state index in [1.165, 1.54) is 7.11 Å². The molecule has 2 aromatic carbocycles. The van der Waals surface area contributed by atoms with Gasteiger partial charge in [-0.05, 0) is 51.6 Å². The van der Waals surface area contributed by atoms with Crippen molar-refractivity contribution in [3.05, 3.63) is 51.0 Å². The maximum Gasteiger partial charge on any atom is 0.337 e. The average Bonchev–Trinajstić information content (AvgIpc) is 2.92. The SMILES string of the molecule is COC(=O)c1ccc2ccc(-c3nc(I)cs3)cc2c1. The van der Waals surface area contributed by atoms with E-state index in [9.17, 15) is 4.79 Å². The number of hydrogen-bond acceptors (Lipinski definition) is 4. The number of rotatable bonds is 2. The fraction of sp³-hybridized carbons (Fsp3) is 0.0667. The summed E-state index contributed by atoms with van der Waals surface area (Å²) < 4.78 is 5.74. The van der Waals surface area contributed by atoms with Crippen molar-refractivity contribution >= 4 is 50.7 Å². The Morgan fingerprint density at radius 1 is 1.20 bits per heavy atom. The standard InChI is InChI=1S/C15H10INO2S/c1-19-15(18)11-5-3-9-2-4-10(6-12(9)7-11)14-17-13(16)8-20-14/h2-8H,1H3. The zero-order valence-corrected chi connectivity index (χ0v) is 13.6. The Hall–Kier alpha value is -1.47. The quantitative estimate of drug-likeness (QED) is 0.478. The molecule has 0 unspecified atom stereocenters. The maximum absolute atomic E-state index is 11.6. The Balaban J connectivity index is 2.11. The summed E-state index contributed by atoms with van der Waals surface area (Å²) in [5.74, 6) is -0.318. The first kappa shape index (κ1) is 13.5. The summed E-state index contributed by atoms with van der Waals surface area (Å²) in [4.78, 5) is 16.1. The first-order chi connectivity index (χ1) is 9.67. The summed E-state index contributed by atoms with van der Waals surface area (Å²) in [6.45, 7) is 0. The van der Waals surface area contributed by atoms with Crippen molar-refractivity contribution in [3.63, 3.8) is 0 Å². The smallest absolute Gasteiger partial charge is 0.337 e. The van der Waals surface area contributed by atoms with Gasteiger partial charge in [0.15, 0.2) is 0 Å². The predicted octanol–water partition coefficient (Wildman–Crippen LogP) is 4.35. The summed E-state index contributed by atoms with van der Waals surface area (Å²) in [6, 6.07) is 11.7. The van der Waals surface area contributed by atoms with Gasteiger partial charge in [-0.3, -0.25) is 0 Å². The minimum absolute atomic E-state index is 0.318. The average molecular weight is 395 g/mol. The van der Waals surface area contributed by atoms with Gasteiger partial charge in [-0.15, -0.1) is 11.3 Å². The molecular formula is C15H10INO2S. The van der Waals surface area contributed by atoms with Gasteiger partial charge in [0.05, 0.1) is 12.7 Å². The minimum Gasteiger partial charge on any atom is -0.465 e. The highest BCUT2D eigenvalue weighted by molar-refractivity contribution is 14.1. The van der Waals surface area contributed by atoms with Crippen LogP contribution in [0.3, 0.4) is 0 Å². The summed E-state index contributed by atoms with van der Waals surface area (Å²) >= 11 is 3.82. The third-order valence-electron chi connectivity index (χ3n) is 2.98. The van der Waals surface area contributed by atoms with Gasteiger partial charge in [-0.2, -0.15) is 0 Å². The molecule has 0 saturated heterocycles. The molecule has 3 nitrogen and oxygen atoms in total. The van der Waals surface area contributed by atoms with E-state index in [4.69, 9.17) is 4.74 Å². The molecule has 0 atom stereocenters. The third kappa shape index (κ3) is 2.55. The third-order valence-corrected chi connectivity index (χ3v) is 4.85. The lowest BCUT2D eigenvalue weighted by atomic mass is 10.0. The molecule has 0 N–H and O–H groups in total. The number of benzene rings is 2. The van der Waals surface area contributed by atoms with Gasteiger partial charge in [0.1, 0.15) is 8.71 Å². The summed E-state index contributed by atoms with van der Waals surface area (Å²) in [6.07, 6.45) is 0. The van der Waals surface area contributed by atoms with Crippen LogP contribution in [0.4, 0.5) is 0 Å². The van der Waals surface area contributed by atoms with Crippen LogP contribution >= 0.6 is 33.9 Å². The van der Waals surface area contributed by atoms with Crippen LogP contribution in [-0.4, -0.2) is 18.1 Å². The molecular weight excluding hydrogens is 385 g/mol. The van der Waals surface area contributed by atoms with Gasteiger partial charge in [0.25, 0.3) is 0 Å². The molecule has 20 heavy (non-hydrogen) atoms. The molecule has 5 heteroatoms. The lowest BCUT2D eigenvalue weighted by molar-refractivity contribution is 0.0601. The van der Waals surface area contributed by atoms with E-state index in [0.29, 0.717) is 5.56 Å². The lowest BCUT2D eigenvalue weighted by Crippen LogP contribution is -2.00. The second-order valence-corrected chi connectivity index (χ2v) is 6.21. The van der Waals surface area contributed by atoms with E-state index >= 15 is 0 Å². The van der Waals surface area contributed by atoms with Crippen molar-refractivity contribution in [1.29, 1.82) is 0 Å². The predicted molar refractivity (Wildman–Crippen MR) is 89.1 cm³/mol. The Bertz CT molecular complexity index is 797. The number of nitrogens with zero attached hydrogens (tertiary/aromatic N) is 1. The van der Waals surface area contributed by atoms with Crippen molar-refractivity contribution in [1.82, 2.24) is 4.98 Å². The molecule has 3 rings (SSSR count). The lowest BCUT2D eigenvalue weighted by Gasteiger charge is -2.04. The monoisotopic (exact) mass is 395 g/mol. The topological polar surface area (TPSA) is 39.2 Å². The number of aromatic nitrogens is 1. The van der Waals surface area contributed by atoms with E-state index in [0.717, 1.165) is 25.0 Å². The van der Waals surface area contributed by atoms with Gasteiger partial charge < -0.3 is 4.74 Å². The first-order valence-electron chi connectivity index (χ1n) is 5.91. The van der Waals surface area contributed by atoms with Crippen LogP contribution in [0.2, 0.25) is 0 Å². The van der Waals surface area contributed by atoms with Crippen LogP contribution in [0.1, 0.15) is 10.4 Å². The highest BCUT2D eigenvalue weighted by Crippen LogP contribution is 2.28. The van der Waals surface area contributed by atoms with Crippen LogP contribution < -0.4 is 0 Å². The highest BCUT2D eigenvalue weighted by Gasteiger charge is 2.08. The van der Waals surface area contributed by atoms with Crippen LogP contribution in [0, 0.1) is 3.70 Å². The molecule has 100 valence electrons. The van der Waals surface area contributed by atoms with Gasteiger partial charge in [-0.1, -0.05) is 18.2 Å². The molecule has 0 aliphatic heterocycles. The number of hydrogen-bond donors (Lipinski definition) is 0. The molecule has 0 aliphatic carbocycles. The van der Waals surface area contributed by atoms with Gasteiger partial charge in [0, 0.05) is 10.9 Å². The Morgan fingerprint density at radius 3 is 2.70 bits per heavy atom. The van der Waals surface area contributed by atoms with Crippen LogP contribution in [0.5, 0.6) is 0 Å².